The van der Waals surface area contributed by atoms with Crippen LogP contribution in [-0.2, 0) is 16.1 Å². The van der Waals surface area contributed by atoms with Crippen molar-refractivity contribution in [3.05, 3.63) is 69.8 Å². The Hall–Kier alpha value is -3.44. The van der Waals surface area contributed by atoms with Gasteiger partial charge in [0, 0.05) is 30.9 Å². The lowest BCUT2D eigenvalue weighted by Crippen LogP contribution is -2.43. The summed E-state index contributed by atoms with van der Waals surface area (Å²) < 4.78 is 11.1. The number of amides is 2. The summed E-state index contributed by atoms with van der Waals surface area (Å²) in [5, 5.41) is 10.3. The number of ether oxygens (including phenoxy) is 2. The molecule has 0 aliphatic carbocycles. The molecule has 2 aliphatic rings. The lowest BCUT2D eigenvalue weighted by Gasteiger charge is -2.29. The highest BCUT2D eigenvalue weighted by molar-refractivity contribution is 8.26. The van der Waals surface area contributed by atoms with E-state index in [9.17, 15) is 24.5 Å². The number of carbonyl (C=O) groups is 3. The fourth-order valence-corrected chi connectivity index (χ4v) is 4.05. The van der Waals surface area contributed by atoms with Crippen LogP contribution in [0.15, 0.2) is 48.5 Å². The van der Waals surface area contributed by atoms with Crippen molar-refractivity contribution in [2.75, 3.05) is 19.9 Å². The Morgan fingerprint density at radius 2 is 1.90 bits per heavy atom. The number of benzene rings is 2. The maximum absolute atomic E-state index is 12.7. The summed E-state index contributed by atoms with van der Waals surface area (Å²) in [6, 6.07) is 13.4. The molecule has 10 nitrogen and oxygen atoms in total. The maximum Gasteiger partial charge on any atom is 0.311 e. The zero-order valence-corrected chi connectivity index (χ0v) is 16.9. The third-order valence-corrected chi connectivity index (χ3v) is 5.63. The SMILES string of the molecule is O=C1SC(=O)N(Cc2ccccc2)C1OCCN1COc2c(cccc2[N+](=O)[O-])C1=O. The average Bonchev–Trinajstić information content (AvgIpc) is 3.02. The highest BCUT2D eigenvalue weighted by Gasteiger charge is 2.41. The Balaban J connectivity index is 1.39. The van der Waals surface area contributed by atoms with Crippen LogP contribution in [0.4, 0.5) is 10.5 Å². The number of nitro benzene ring substituents is 1. The third-order valence-electron chi connectivity index (χ3n) is 4.81. The van der Waals surface area contributed by atoms with E-state index in [-0.39, 0.29) is 43.4 Å². The molecule has 2 aliphatic heterocycles. The van der Waals surface area contributed by atoms with E-state index in [0.717, 1.165) is 5.56 Å². The molecule has 2 aromatic rings. The van der Waals surface area contributed by atoms with Crippen LogP contribution in [0.3, 0.4) is 0 Å². The molecule has 160 valence electrons. The van der Waals surface area contributed by atoms with Crippen molar-refractivity contribution in [2.24, 2.45) is 0 Å². The summed E-state index contributed by atoms with van der Waals surface area (Å²) >= 11 is 0.591. The van der Waals surface area contributed by atoms with Crippen molar-refractivity contribution in [1.29, 1.82) is 0 Å². The summed E-state index contributed by atoms with van der Waals surface area (Å²) in [4.78, 5) is 50.2. The van der Waals surface area contributed by atoms with E-state index >= 15 is 0 Å². The Kier molecular flexibility index (Phi) is 5.87. The topological polar surface area (TPSA) is 119 Å². The Labute approximate surface area is 180 Å². The molecule has 1 fully saturated rings. The van der Waals surface area contributed by atoms with Crippen LogP contribution >= 0.6 is 11.8 Å². The van der Waals surface area contributed by atoms with Crippen LogP contribution in [0, 0.1) is 10.1 Å². The molecular weight excluding hydrogens is 426 g/mol. The van der Waals surface area contributed by atoms with Crippen molar-refractivity contribution < 1.29 is 28.8 Å². The van der Waals surface area contributed by atoms with E-state index in [0.29, 0.717) is 11.8 Å². The molecule has 0 radical (unpaired) electrons. The summed E-state index contributed by atoms with van der Waals surface area (Å²) in [7, 11) is 0. The number of nitro groups is 1. The normalized spacial score (nSPS) is 18.2. The Morgan fingerprint density at radius 1 is 1.13 bits per heavy atom. The van der Waals surface area contributed by atoms with Crippen molar-refractivity contribution in [3.63, 3.8) is 0 Å². The summed E-state index contributed by atoms with van der Waals surface area (Å²) in [6.07, 6.45) is -1.05. The van der Waals surface area contributed by atoms with Gasteiger partial charge < -0.3 is 14.4 Å². The van der Waals surface area contributed by atoms with Crippen LogP contribution < -0.4 is 4.74 Å². The van der Waals surface area contributed by atoms with Crippen LogP contribution in [-0.4, -0.2) is 57.1 Å². The van der Waals surface area contributed by atoms with Crippen LogP contribution in [0.25, 0.3) is 0 Å². The molecule has 11 heteroatoms. The van der Waals surface area contributed by atoms with Crippen molar-refractivity contribution in [1.82, 2.24) is 9.80 Å². The molecule has 0 aromatic heterocycles. The maximum atomic E-state index is 12.7. The quantitative estimate of drug-likeness (QED) is 0.473. The molecule has 0 spiro atoms. The highest BCUT2D eigenvalue weighted by Crippen LogP contribution is 2.34. The molecule has 1 atom stereocenters. The number of rotatable bonds is 7. The smallest absolute Gasteiger partial charge is 0.311 e. The summed E-state index contributed by atoms with van der Waals surface area (Å²) in [5.74, 6) is -0.491. The number of thioether (sulfide) groups is 1. The first kappa shape index (κ1) is 20.8. The highest BCUT2D eigenvalue weighted by atomic mass is 32.2. The summed E-state index contributed by atoms with van der Waals surface area (Å²) in [6.45, 7) is 0.115. The molecular formula is C20H17N3O7S. The van der Waals surface area contributed by atoms with Gasteiger partial charge in [0.05, 0.1) is 17.1 Å². The van der Waals surface area contributed by atoms with E-state index in [1.807, 2.05) is 30.3 Å². The van der Waals surface area contributed by atoms with Gasteiger partial charge in [-0.05, 0) is 11.6 Å². The number of para-hydroxylation sites is 1. The largest absolute Gasteiger partial charge is 0.465 e. The van der Waals surface area contributed by atoms with Crippen molar-refractivity contribution in [3.8, 4) is 5.75 Å². The Bertz CT molecular complexity index is 1050. The minimum Gasteiger partial charge on any atom is -0.465 e. The van der Waals surface area contributed by atoms with Gasteiger partial charge in [0.2, 0.25) is 17.1 Å². The van der Waals surface area contributed by atoms with Gasteiger partial charge >= 0.3 is 5.69 Å². The second kappa shape index (κ2) is 8.74. The first-order chi connectivity index (χ1) is 15.0. The fraction of sp³-hybridized carbons (Fsp3) is 0.250. The van der Waals surface area contributed by atoms with Gasteiger partial charge in [0.25, 0.3) is 11.1 Å². The zero-order chi connectivity index (χ0) is 22.0. The van der Waals surface area contributed by atoms with Gasteiger partial charge in [-0.2, -0.15) is 0 Å². The number of carbonyl (C=O) groups excluding carboxylic acids is 3. The number of hydrogen-bond acceptors (Lipinski definition) is 8. The molecule has 4 rings (SSSR count). The second-order valence-electron chi connectivity index (χ2n) is 6.78. The molecule has 2 heterocycles. The second-order valence-corrected chi connectivity index (χ2v) is 7.73. The lowest BCUT2D eigenvalue weighted by molar-refractivity contribution is -0.386. The number of hydrogen-bond donors (Lipinski definition) is 0. The van der Waals surface area contributed by atoms with E-state index in [2.05, 4.69) is 0 Å². The van der Waals surface area contributed by atoms with Gasteiger partial charge in [-0.3, -0.25) is 29.4 Å². The van der Waals surface area contributed by atoms with E-state index in [1.54, 1.807) is 0 Å². The minimum absolute atomic E-state index is 0.0190. The first-order valence-electron chi connectivity index (χ1n) is 9.33. The molecule has 2 aromatic carbocycles. The van der Waals surface area contributed by atoms with Gasteiger partial charge in [-0.1, -0.05) is 36.4 Å². The van der Waals surface area contributed by atoms with Gasteiger partial charge in [-0.15, -0.1) is 0 Å². The fourth-order valence-electron chi connectivity index (χ4n) is 3.30. The molecule has 2 amide bonds. The predicted octanol–water partition coefficient (Wildman–Crippen LogP) is 2.63. The van der Waals surface area contributed by atoms with E-state index < -0.39 is 27.4 Å². The van der Waals surface area contributed by atoms with E-state index in [4.69, 9.17) is 9.47 Å². The summed E-state index contributed by atoms with van der Waals surface area (Å²) in [5.41, 5.74) is 0.678. The number of nitrogens with zero attached hydrogens (tertiary/aromatic N) is 3. The van der Waals surface area contributed by atoms with Crippen LogP contribution in [0.5, 0.6) is 5.75 Å². The monoisotopic (exact) mass is 443 g/mol. The zero-order valence-electron chi connectivity index (χ0n) is 16.1. The average molecular weight is 443 g/mol. The molecule has 31 heavy (non-hydrogen) atoms. The van der Waals surface area contributed by atoms with Crippen molar-refractivity contribution >= 4 is 33.7 Å². The Morgan fingerprint density at radius 3 is 2.65 bits per heavy atom. The van der Waals surface area contributed by atoms with Gasteiger partial charge in [0.1, 0.15) is 0 Å². The first-order valence-corrected chi connectivity index (χ1v) is 10.1. The standard InChI is InChI=1S/C20H17N3O7S/c24-17-14-7-4-8-15(23(27)28)16(14)30-12-21(17)9-10-29-18-19(25)31-20(26)22(18)11-13-5-2-1-3-6-13/h1-8,18H,9-12H2. The van der Waals surface area contributed by atoms with Gasteiger partial charge in [-0.25, -0.2) is 0 Å². The lowest BCUT2D eigenvalue weighted by atomic mass is 10.1. The number of fused-ring (bicyclic) bond motifs is 1. The third kappa shape index (κ3) is 4.23. The van der Waals surface area contributed by atoms with E-state index in [1.165, 1.54) is 28.0 Å². The van der Waals surface area contributed by atoms with Crippen LogP contribution in [0.1, 0.15) is 15.9 Å². The predicted molar refractivity (Wildman–Crippen MR) is 109 cm³/mol. The molecule has 0 N–H and O–H groups in total. The minimum atomic E-state index is -1.05. The van der Waals surface area contributed by atoms with Gasteiger partial charge in [0.15, 0.2) is 6.73 Å². The molecule has 0 bridgehead atoms. The van der Waals surface area contributed by atoms with Crippen molar-refractivity contribution in [2.45, 2.75) is 12.8 Å². The molecule has 0 saturated carbocycles. The molecule has 1 saturated heterocycles. The van der Waals surface area contributed by atoms with Crippen LogP contribution in [0.2, 0.25) is 0 Å². The molecule has 1 unspecified atom stereocenters.